The molecule has 0 aliphatic carbocycles. The van der Waals surface area contributed by atoms with Gasteiger partial charge in [-0.15, -0.1) is 0 Å². The number of hydrogen-bond donors (Lipinski definition) is 1. The molecule has 0 aromatic heterocycles. The van der Waals surface area contributed by atoms with Crippen molar-refractivity contribution < 1.29 is 9.84 Å². The predicted molar refractivity (Wildman–Crippen MR) is 58.0 cm³/mol. The zero-order valence-electron chi connectivity index (χ0n) is 10.3. The van der Waals surface area contributed by atoms with E-state index in [1.165, 1.54) is 0 Å². The molecule has 0 saturated heterocycles. The second-order valence-electron chi connectivity index (χ2n) is 4.33. The standard InChI is InChI=1S/C10H22O.CH4O/c1-7-9(3,4)11-10(5,6)8-2;1-2/h7-8H2,1-6H3;2H,1H3. The lowest BCUT2D eigenvalue weighted by molar-refractivity contribution is -0.124. The Morgan fingerprint density at radius 2 is 1.08 bits per heavy atom. The number of aliphatic hydroxyl groups is 1. The monoisotopic (exact) mass is 190 g/mol. The summed E-state index contributed by atoms with van der Waals surface area (Å²) in [6.07, 6.45) is 2.13. The SMILES string of the molecule is CCC(C)(C)OC(C)(C)CC.CO. The van der Waals surface area contributed by atoms with Gasteiger partial charge in [-0.1, -0.05) is 13.8 Å². The highest BCUT2D eigenvalue weighted by molar-refractivity contribution is 4.74. The number of rotatable bonds is 4. The molecule has 0 atom stereocenters. The van der Waals surface area contributed by atoms with Crippen molar-refractivity contribution in [3.05, 3.63) is 0 Å². The molecule has 0 saturated carbocycles. The second-order valence-corrected chi connectivity index (χ2v) is 4.33. The second kappa shape index (κ2) is 6.39. The number of ether oxygens (including phenoxy) is 1. The Morgan fingerprint density at radius 1 is 0.846 bits per heavy atom. The van der Waals surface area contributed by atoms with Crippen molar-refractivity contribution in [2.45, 2.75) is 65.6 Å². The minimum absolute atomic E-state index is 0.0273. The third-order valence-corrected chi connectivity index (χ3v) is 2.26. The lowest BCUT2D eigenvalue weighted by Crippen LogP contribution is -2.35. The van der Waals surface area contributed by atoms with Crippen molar-refractivity contribution in [3.8, 4) is 0 Å². The van der Waals surface area contributed by atoms with Crippen molar-refractivity contribution in [2.75, 3.05) is 7.11 Å². The molecule has 0 amide bonds. The van der Waals surface area contributed by atoms with E-state index >= 15 is 0 Å². The minimum atomic E-state index is 0.0273. The maximum atomic E-state index is 7.00. The van der Waals surface area contributed by atoms with Gasteiger partial charge in [0.25, 0.3) is 0 Å². The molecule has 0 aromatic carbocycles. The quantitative estimate of drug-likeness (QED) is 0.738. The molecule has 1 N–H and O–H groups in total. The van der Waals surface area contributed by atoms with Crippen molar-refractivity contribution in [1.29, 1.82) is 0 Å². The van der Waals surface area contributed by atoms with Gasteiger partial charge < -0.3 is 9.84 Å². The van der Waals surface area contributed by atoms with Gasteiger partial charge in [0.05, 0.1) is 11.2 Å². The Balaban J connectivity index is 0. The normalized spacial score (nSPS) is 12.0. The van der Waals surface area contributed by atoms with Gasteiger partial charge in [0.1, 0.15) is 0 Å². The van der Waals surface area contributed by atoms with Crippen molar-refractivity contribution in [3.63, 3.8) is 0 Å². The molecule has 0 spiro atoms. The Hall–Kier alpha value is -0.0800. The first-order valence-electron chi connectivity index (χ1n) is 4.98. The van der Waals surface area contributed by atoms with E-state index in [1.54, 1.807) is 0 Å². The molecule has 0 aliphatic rings. The summed E-state index contributed by atoms with van der Waals surface area (Å²) in [7, 11) is 1.00. The fourth-order valence-corrected chi connectivity index (χ4v) is 0.892. The van der Waals surface area contributed by atoms with Gasteiger partial charge in [0, 0.05) is 7.11 Å². The van der Waals surface area contributed by atoms with Crippen LogP contribution in [0.15, 0.2) is 0 Å². The lowest BCUT2D eigenvalue weighted by Gasteiger charge is -2.34. The van der Waals surface area contributed by atoms with Gasteiger partial charge in [-0.05, 0) is 40.5 Å². The van der Waals surface area contributed by atoms with Gasteiger partial charge >= 0.3 is 0 Å². The fourth-order valence-electron chi connectivity index (χ4n) is 0.892. The molecule has 0 bridgehead atoms. The van der Waals surface area contributed by atoms with E-state index in [-0.39, 0.29) is 11.2 Å². The zero-order valence-corrected chi connectivity index (χ0v) is 10.3. The summed E-state index contributed by atoms with van der Waals surface area (Å²) in [4.78, 5) is 0. The highest BCUT2D eigenvalue weighted by atomic mass is 16.5. The molecule has 0 aliphatic heterocycles. The third kappa shape index (κ3) is 8.26. The van der Waals surface area contributed by atoms with E-state index in [2.05, 4.69) is 41.5 Å². The van der Waals surface area contributed by atoms with Gasteiger partial charge in [-0.25, -0.2) is 0 Å². The van der Waals surface area contributed by atoms with Crippen LogP contribution >= 0.6 is 0 Å². The van der Waals surface area contributed by atoms with E-state index in [9.17, 15) is 0 Å². The summed E-state index contributed by atoms with van der Waals surface area (Å²) in [5.41, 5.74) is 0.0546. The zero-order chi connectivity index (χ0) is 11.1. The topological polar surface area (TPSA) is 29.5 Å². The summed E-state index contributed by atoms with van der Waals surface area (Å²) in [5, 5.41) is 7.00. The Kier molecular flexibility index (Phi) is 7.56. The molecule has 13 heavy (non-hydrogen) atoms. The molecule has 0 radical (unpaired) electrons. The number of hydrogen-bond acceptors (Lipinski definition) is 2. The van der Waals surface area contributed by atoms with Crippen LogP contribution in [0.1, 0.15) is 54.4 Å². The van der Waals surface area contributed by atoms with Crippen LogP contribution in [0.4, 0.5) is 0 Å². The first kappa shape index (κ1) is 15.4. The average Bonchev–Trinajstić information content (AvgIpc) is 2.07. The van der Waals surface area contributed by atoms with E-state index in [0.717, 1.165) is 20.0 Å². The minimum Gasteiger partial charge on any atom is -0.400 e. The maximum absolute atomic E-state index is 7.00. The van der Waals surface area contributed by atoms with Crippen molar-refractivity contribution >= 4 is 0 Å². The summed E-state index contributed by atoms with van der Waals surface area (Å²) < 4.78 is 5.92. The summed E-state index contributed by atoms with van der Waals surface area (Å²) >= 11 is 0. The Labute approximate surface area is 83.3 Å². The number of aliphatic hydroxyl groups excluding tert-OH is 1. The highest BCUT2D eigenvalue weighted by Gasteiger charge is 2.25. The summed E-state index contributed by atoms with van der Waals surface area (Å²) in [6.45, 7) is 12.9. The molecular weight excluding hydrogens is 164 g/mol. The maximum Gasteiger partial charge on any atom is 0.0631 e. The summed E-state index contributed by atoms with van der Waals surface area (Å²) in [5.74, 6) is 0. The molecule has 2 heteroatoms. The molecule has 0 heterocycles. The molecule has 0 aromatic rings. The molecule has 0 rings (SSSR count). The first-order chi connectivity index (χ1) is 5.83. The molecule has 2 nitrogen and oxygen atoms in total. The average molecular weight is 190 g/mol. The van der Waals surface area contributed by atoms with E-state index in [0.29, 0.717) is 0 Å². The van der Waals surface area contributed by atoms with Gasteiger partial charge in [-0.3, -0.25) is 0 Å². The van der Waals surface area contributed by atoms with Crippen molar-refractivity contribution in [1.82, 2.24) is 0 Å². The smallest absolute Gasteiger partial charge is 0.0631 e. The van der Waals surface area contributed by atoms with Crippen LogP contribution in [0, 0.1) is 0 Å². The van der Waals surface area contributed by atoms with Crippen LogP contribution in [0.2, 0.25) is 0 Å². The molecular formula is C11H26O2. The highest BCUT2D eigenvalue weighted by Crippen LogP contribution is 2.24. The first-order valence-corrected chi connectivity index (χ1v) is 4.98. The van der Waals surface area contributed by atoms with E-state index < -0.39 is 0 Å². The summed E-state index contributed by atoms with van der Waals surface area (Å²) in [6, 6.07) is 0. The van der Waals surface area contributed by atoms with E-state index in [4.69, 9.17) is 9.84 Å². The predicted octanol–water partition coefficient (Wildman–Crippen LogP) is 2.99. The van der Waals surface area contributed by atoms with Gasteiger partial charge in [0.2, 0.25) is 0 Å². The van der Waals surface area contributed by atoms with Crippen molar-refractivity contribution in [2.24, 2.45) is 0 Å². The molecule has 82 valence electrons. The van der Waals surface area contributed by atoms with Crippen LogP contribution in [0.5, 0.6) is 0 Å². The Bertz CT molecular complexity index is 103. The lowest BCUT2D eigenvalue weighted by atomic mass is 10.0. The van der Waals surface area contributed by atoms with Gasteiger partial charge in [0.15, 0.2) is 0 Å². The van der Waals surface area contributed by atoms with Crippen LogP contribution in [-0.2, 0) is 4.74 Å². The Morgan fingerprint density at radius 3 is 1.23 bits per heavy atom. The van der Waals surface area contributed by atoms with Crippen LogP contribution in [0.25, 0.3) is 0 Å². The third-order valence-electron chi connectivity index (χ3n) is 2.26. The molecule has 0 unspecified atom stereocenters. The molecule has 0 fully saturated rings. The van der Waals surface area contributed by atoms with Crippen LogP contribution < -0.4 is 0 Å². The largest absolute Gasteiger partial charge is 0.400 e. The van der Waals surface area contributed by atoms with Crippen LogP contribution in [-0.4, -0.2) is 23.4 Å². The van der Waals surface area contributed by atoms with Gasteiger partial charge in [-0.2, -0.15) is 0 Å². The fraction of sp³-hybridized carbons (Fsp3) is 1.00. The van der Waals surface area contributed by atoms with Crippen LogP contribution in [0.3, 0.4) is 0 Å². The van der Waals surface area contributed by atoms with E-state index in [1.807, 2.05) is 0 Å².